The largest absolute Gasteiger partial charge is 0.497 e. The highest BCUT2D eigenvalue weighted by Crippen LogP contribution is 2.42. The zero-order valence-electron chi connectivity index (χ0n) is 11.1. The van der Waals surface area contributed by atoms with Crippen molar-refractivity contribution in [3.8, 4) is 5.75 Å². The summed E-state index contributed by atoms with van der Waals surface area (Å²) in [5.41, 5.74) is 1.20. The normalized spacial score (nSPS) is 29.6. The molecule has 1 aromatic carbocycles. The molecule has 2 fully saturated rings. The maximum atomic E-state index is 11.2. The number of nitrogens with zero attached hydrogens (tertiary/aromatic N) is 1. The molecule has 4 heteroatoms. The Hall–Kier alpha value is -1.55. The highest BCUT2D eigenvalue weighted by Gasteiger charge is 2.48. The Labute approximate surface area is 113 Å². The van der Waals surface area contributed by atoms with Crippen LogP contribution in [0.2, 0.25) is 0 Å². The van der Waals surface area contributed by atoms with Crippen LogP contribution >= 0.6 is 0 Å². The van der Waals surface area contributed by atoms with Gasteiger partial charge in [0.1, 0.15) is 5.75 Å². The van der Waals surface area contributed by atoms with E-state index < -0.39 is 5.97 Å². The first-order valence-corrected chi connectivity index (χ1v) is 6.80. The fraction of sp³-hybridized carbons (Fsp3) is 0.533. The van der Waals surface area contributed by atoms with Gasteiger partial charge in [-0.25, -0.2) is 0 Å². The molecular formula is C15H19NO3. The van der Waals surface area contributed by atoms with Gasteiger partial charge >= 0.3 is 5.97 Å². The van der Waals surface area contributed by atoms with Crippen LogP contribution in [0, 0.1) is 5.92 Å². The summed E-state index contributed by atoms with van der Waals surface area (Å²) in [6.07, 6.45) is 2.97. The molecule has 2 saturated heterocycles. The van der Waals surface area contributed by atoms with Crippen molar-refractivity contribution in [2.75, 3.05) is 7.11 Å². The fourth-order valence-corrected chi connectivity index (χ4v) is 3.59. The van der Waals surface area contributed by atoms with Crippen LogP contribution in [0.1, 0.15) is 24.8 Å². The number of carbonyl (C=O) groups is 1. The van der Waals surface area contributed by atoms with Gasteiger partial charge in [0.25, 0.3) is 0 Å². The number of hydrogen-bond acceptors (Lipinski definition) is 3. The summed E-state index contributed by atoms with van der Waals surface area (Å²) in [6, 6.07) is 8.69. The number of benzene rings is 1. The lowest BCUT2D eigenvalue weighted by molar-refractivity contribution is -0.142. The van der Waals surface area contributed by atoms with Crippen molar-refractivity contribution in [1.29, 1.82) is 0 Å². The maximum absolute atomic E-state index is 11.2. The molecule has 3 unspecified atom stereocenters. The molecule has 3 rings (SSSR count). The van der Waals surface area contributed by atoms with E-state index in [0.29, 0.717) is 6.04 Å². The van der Waals surface area contributed by atoms with E-state index in [1.54, 1.807) is 7.11 Å². The van der Waals surface area contributed by atoms with Gasteiger partial charge in [-0.05, 0) is 37.0 Å². The Balaban J connectivity index is 1.75. The van der Waals surface area contributed by atoms with Crippen molar-refractivity contribution in [3.05, 3.63) is 29.8 Å². The van der Waals surface area contributed by atoms with Crippen LogP contribution in [0.4, 0.5) is 0 Å². The van der Waals surface area contributed by atoms with Gasteiger partial charge in [-0.15, -0.1) is 0 Å². The number of fused-ring (bicyclic) bond motifs is 2. The lowest BCUT2D eigenvalue weighted by Crippen LogP contribution is -2.32. The molecule has 19 heavy (non-hydrogen) atoms. The molecule has 0 aliphatic carbocycles. The van der Waals surface area contributed by atoms with Crippen molar-refractivity contribution in [3.63, 3.8) is 0 Å². The predicted octanol–water partition coefficient (Wildman–Crippen LogP) is 2.13. The minimum absolute atomic E-state index is 0.177. The van der Waals surface area contributed by atoms with Gasteiger partial charge in [0.15, 0.2) is 0 Å². The number of aliphatic carboxylic acids is 1. The van der Waals surface area contributed by atoms with Crippen LogP contribution in [0.3, 0.4) is 0 Å². The Morgan fingerprint density at radius 2 is 2.32 bits per heavy atom. The summed E-state index contributed by atoms with van der Waals surface area (Å²) in [5.74, 6) is 0.0472. The highest BCUT2D eigenvalue weighted by molar-refractivity contribution is 5.71. The molecule has 0 amide bonds. The second-order valence-corrected chi connectivity index (χ2v) is 5.50. The average Bonchev–Trinajstić information content (AvgIpc) is 2.96. The van der Waals surface area contributed by atoms with E-state index in [-0.39, 0.29) is 12.0 Å². The second-order valence-electron chi connectivity index (χ2n) is 5.50. The SMILES string of the molecule is COc1cccc(CN2C3CCC2C(C(=O)O)C3)c1. The van der Waals surface area contributed by atoms with E-state index in [1.807, 2.05) is 18.2 Å². The molecule has 2 aliphatic rings. The molecule has 102 valence electrons. The van der Waals surface area contributed by atoms with E-state index in [9.17, 15) is 9.90 Å². The van der Waals surface area contributed by atoms with E-state index in [4.69, 9.17) is 4.74 Å². The maximum Gasteiger partial charge on any atom is 0.308 e. The van der Waals surface area contributed by atoms with Crippen molar-refractivity contribution in [2.45, 2.75) is 37.9 Å². The monoisotopic (exact) mass is 261 g/mol. The summed E-state index contributed by atoms with van der Waals surface area (Å²) >= 11 is 0. The number of rotatable bonds is 4. The topological polar surface area (TPSA) is 49.8 Å². The predicted molar refractivity (Wildman–Crippen MR) is 71.1 cm³/mol. The molecular weight excluding hydrogens is 242 g/mol. The van der Waals surface area contributed by atoms with Crippen LogP contribution in [0.25, 0.3) is 0 Å². The van der Waals surface area contributed by atoms with E-state index in [2.05, 4.69) is 11.0 Å². The first-order chi connectivity index (χ1) is 9.19. The van der Waals surface area contributed by atoms with Gasteiger partial charge in [0.05, 0.1) is 13.0 Å². The molecule has 1 aromatic rings. The van der Waals surface area contributed by atoms with Crippen LogP contribution < -0.4 is 4.74 Å². The van der Waals surface area contributed by atoms with Gasteiger partial charge in [-0.3, -0.25) is 9.69 Å². The van der Waals surface area contributed by atoms with E-state index >= 15 is 0 Å². The van der Waals surface area contributed by atoms with Gasteiger partial charge in [0, 0.05) is 18.6 Å². The van der Waals surface area contributed by atoms with Crippen LogP contribution in [-0.4, -0.2) is 35.2 Å². The molecule has 2 heterocycles. The average molecular weight is 261 g/mol. The lowest BCUT2D eigenvalue weighted by atomic mass is 9.89. The fourth-order valence-electron chi connectivity index (χ4n) is 3.59. The summed E-state index contributed by atoms with van der Waals surface area (Å²) < 4.78 is 5.24. The van der Waals surface area contributed by atoms with E-state index in [1.165, 1.54) is 5.56 Å². The second kappa shape index (κ2) is 4.85. The Kier molecular flexibility index (Phi) is 3.19. The summed E-state index contributed by atoms with van der Waals surface area (Å²) in [7, 11) is 1.67. The van der Waals surface area contributed by atoms with E-state index in [0.717, 1.165) is 31.6 Å². The molecule has 2 bridgehead atoms. The Morgan fingerprint density at radius 1 is 1.47 bits per heavy atom. The molecule has 0 spiro atoms. The van der Waals surface area contributed by atoms with Gasteiger partial charge in [-0.2, -0.15) is 0 Å². The van der Waals surface area contributed by atoms with Gasteiger partial charge in [0.2, 0.25) is 0 Å². The third-order valence-electron chi connectivity index (χ3n) is 4.50. The van der Waals surface area contributed by atoms with Gasteiger partial charge < -0.3 is 9.84 Å². The summed E-state index contributed by atoms with van der Waals surface area (Å²) in [5, 5.41) is 9.25. The molecule has 1 N–H and O–H groups in total. The minimum Gasteiger partial charge on any atom is -0.497 e. The van der Waals surface area contributed by atoms with Crippen molar-refractivity contribution < 1.29 is 14.6 Å². The number of carboxylic acid groups (broad SMARTS) is 1. The Bertz CT molecular complexity index is 488. The molecule has 2 aliphatic heterocycles. The third-order valence-corrected chi connectivity index (χ3v) is 4.50. The first kappa shape index (κ1) is 12.5. The van der Waals surface area contributed by atoms with Crippen molar-refractivity contribution >= 4 is 5.97 Å². The molecule has 0 radical (unpaired) electrons. The molecule has 3 atom stereocenters. The number of ether oxygens (including phenoxy) is 1. The zero-order chi connectivity index (χ0) is 13.4. The molecule has 0 saturated carbocycles. The van der Waals surface area contributed by atoms with Crippen LogP contribution in [0.5, 0.6) is 5.75 Å². The number of hydrogen-bond donors (Lipinski definition) is 1. The lowest BCUT2D eigenvalue weighted by Gasteiger charge is -2.22. The smallest absolute Gasteiger partial charge is 0.308 e. The van der Waals surface area contributed by atoms with Crippen LogP contribution in [0.15, 0.2) is 24.3 Å². The minimum atomic E-state index is -0.636. The molecule has 0 aromatic heterocycles. The highest BCUT2D eigenvalue weighted by atomic mass is 16.5. The third kappa shape index (κ3) is 2.21. The summed E-state index contributed by atoms with van der Waals surface area (Å²) in [6.45, 7) is 0.830. The Morgan fingerprint density at radius 3 is 3.00 bits per heavy atom. The first-order valence-electron chi connectivity index (χ1n) is 6.80. The standard InChI is InChI=1S/C15H19NO3/c1-19-12-4-2-3-10(7-12)9-16-11-5-6-14(16)13(8-11)15(17)18/h2-4,7,11,13-14H,5-6,8-9H2,1H3,(H,17,18). The van der Waals surface area contributed by atoms with Crippen molar-refractivity contribution in [1.82, 2.24) is 4.90 Å². The number of carboxylic acids is 1. The van der Waals surface area contributed by atoms with Gasteiger partial charge in [-0.1, -0.05) is 12.1 Å². The summed E-state index contributed by atoms with van der Waals surface area (Å²) in [4.78, 5) is 13.6. The quantitative estimate of drug-likeness (QED) is 0.902. The number of methoxy groups -OCH3 is 1. The van der Waals surface area contributed by atoms with Crippen molar-refractivity contribution in [2.24, 2.45) is 5.92 Å². The zero-order valence-corrected chi connectivity index (χ0v) is 11.1. The van der Waals surface area contributed by atoms with Crippen LogP contribution in [-0.2, 0) is 11.3 Å². The molecule has 4 nitrogen and oxygen atoms in total.